The smallest absolute Gasteiger partial charge is 0.274 e. The first-order valence-electron chi connectivity index (χ1n) is 41.3. The molecule has 8 aromatic rings. The molecule has 3 atom stereocenters. The van der Waals surface area contributed by atoms with E-state index in [-0.39, 0.29) is 54.2 Å². The van der Waals surface area contributed by atoms with Gasteiger partial charge in [0.2, 0.25) is 0 Å². The third-order valence-corrected chi connectivity index (χ3v) is 24.3. The predicted molar refractivity (Wildman–Crippen MR) is 459 cm³/mol. The molecule has 0 spiro atoms. The van der Waals surface area contributed by atoms with Crippen LogP contribution >= 0.6 is 0 Å². The van der Waals surface area contributed by atoms with Crippen molar-refractivity contribution in [3.8, 4) is 34.5 Å². The van der Waals surface area contributed by atoms with Gasteiger partial charge in [-0.05, 0) is 148 Å². The van der Waals surface area contributed by atoms with E-state index >= 15 is 0 Å². The van der Waals surface area contributed by atoms with Gasteiger partial charge in [-0.3, -0.25) is 24.0 Å². The number of aryl methyl sites for hydroxylation is 2. The van der Waals surface area contributed by atoms with Crippen LogP contribution in [-0.2, 0) is 43.9 Å². The topological polar surface area (TPSA) is 302 Å². The van der Waals surface area contributed by atoms with Crippen LogP contribution in [0.25, 0.3) is 0 Å². The lowest BCUT2D eigenvalue weighted by atomic mass is 9.99. The molecular formula is C88H117N17O13S. The average molecular weight is 1650 g/mol. The van der Waals surface area contributed by atoms with Gasteiger partial charge in [-0.15, -0.1) is 0 Å². The third kappa shape index (κ3) is 20.7. The molecule has 0 radical (unpaired) electrons. The summed E-state index contributed by atoms with van der Waals surface area (Å²) in [7, 11) is 9.46. The van der Waals surface area contributed by atoms with E-state index in [0.717, 1.165) is 165 Å². The highest BCUT2D eigenvalue weighted by atomic mass is 32.2. The van der Waals surface area contributed by atoms with Crippen molar-refractivity contribution >= 4 is 56.8 Å². The number of ether oxygens (including phenoxy) is 6. The average Bonchev–Trinajstić information content (AvgIpc) is 1.63. The van der Waals surface area contributed by atoms with Crippen molar-refractivity contribution in [2.75, 3.05) is 175 Å². The Bertz CT molecular complexity index is 4940. The number of nitrogens with zero attached hydrogens (tertiary/aromatic N) is 13. The van der Waals surface area contributed by atoms with Gasteiger partial charge >= 0.3 is 0 Å². The number of rotatable bonds is 33. The first-order chi connectivity index (χ1) is 57.6. The summed E-state index contributed by atoms with van der Waals surface area (Å²) in [6.45, 7) is 24.2. The van der Waals surface area contributed by atoms with E-state index in [9.17, 15) is 32.4 Å². The van der Waals surface area contributed by atoms with Gasteiger partial charge in [-0.2, -0.15) is 8.42 Å². The van der Waals surface area contributed by atoms with E-state index in [2.05, 4.69) is 93.7 Å². The Morgan fingerprint density at radius 1 is 0.454 bits per heavy atom. The molecule has 6 aliphatic heterocycles. The second kappa shape index (κ2) is 40.7. The SMILES string of the molecule is CCN1CCN(c2cccc3c2CN([C@H](CCCNC(=O)c2cn(C)cn2)c2ccc(OC)c(OC)c2)C3=O)CC1.CCN1CCN(c2cccc3c2CN([C@H](CCCNC(=O)c2cncn2C)c2ccc(OC)c(OC)c2)C3=O)CC1.CCN1CCN(c2cccc3c2CN([C@H](CCCNS(N)(=O)=O)c2ccc(OC)c(OC)c2)C3=O)CC1. The summed E-state index contributed by atoms with van der Waals surface area (Å²) in [6, 6.07) is 34.8. The summed E-state index contributed by atoms with van der Waals surface area (Å²) in [5.41, 5.74) is 12.7. The van der Waals surface area contributed by atoms with E-state index in [1.165, 1.54) is 0 Å². The van der Waals surface area contributed by atoms with E-state index in [1.807, 2.05) is 113 Å². The van der Waals surface area contributed by atoms with Crippen LogP contribution in [0.15, 0.2) is 134 Å². The lowest BCUT2D eigenvalue weighted by Gasteiger charge is -2.36. The minimum absolute atomic E-state index is 0.0248. The number of nitrogens with two attached hydrogens (primary N) is 1. The Balaban J connectivity index is 0.000000164. The van der Waals surface area contributed by atoms with Crippen LogP contribution in [0.5, 0.6) is 34.5 Å². The van der Waals surface area contributed by atoms with Gasteiger partial charge in [0.1, 0.15) is 11.4 Å². The highest BCUT2D eigenvalue weighted by molar-refractivity contribution is 7.87. The van der Waals surface area contributed by atoms with Crippen LogP contribution in [0.1, 0.15) is 163 Å². The number of piperazine rings is 3. The first kappa shape index (κ1) is 87.4. The molecule has 3 saturated heterocycles. The van der Waals surface area contributed by atoms with Gasteiger partial charge in [-0.1, -0.05) is 57.2 Å². The summed E-state index contributed by atoms with van der Waals surface area (Å²) in [4.78, 5) is 95.2. The van der Waals surface area contributed by atoms with E-state index in [0.29, 0.717) is 117 Å². The fraction of sp³-hybridized carbons (Fsp3) is 0.466. The number of benzene rings is 6. The number of methoxy groups -OCH3 is 6. The minimum atomic E-state index is -3.78. The first-order valence-corrected chi connectivity index (χ1v) is 42.8. The van der Waals surface area contributed by atoms with Crippen LogP contribution in [0.3, 0.4) is 0 Å². The molecule has 0 aliphatic carbocycles. The second-order valence-corrected chi connectivity index (χ2v) is 31.9. The van der Waals surface area contributed by atoms with Crippen molar-refractivity contribution in [1.29, 1.82) is 0 Å². The monoisotopic (exact) mass is 1650 g/mol. The number of anilines is 3. The van der Waals surface area contributed by atoms with Crippen molar-refractivity contribution in [1.82, 2.24) is 63.9 Å². The normalized spacial score (nSPS) is 16.4. The Morgan fingerprint density at radius 3 is 1.10 bits per heavy atom. The lowest BCUT2D eigenvalue weighted by molar-refractivity contribution is 0.0681. The Hall–Kier alpha value is -11.0. The predicted octanol–water partition coefficient (Wildman–Crippen LogP) is 9.09. The number of amides is 5. The number of hydrogen-bond acceptors (Lipinski definition) is 21. The summed E-state index contributed by atoms with van der Waals surface area (Å²) in [5.74, 6) is 3.38. The van der Waals surface area contributed by atoms with Gasteiger partial charge in [-0.25, -0.2) is 19.8 Å². The molecule has 14 rings (SSSR count). The number of nitrogens with one attached hydrogen (secondary N) is 3. The van der Waals surface area contributed by atoms with Gasteiger partial charge in [0.25, 0.3) is 39.7 Å². The molecule has 8 heterocycles. The third-order valence-electron chi connectivity index (χ3n) is 23.7. The van der Waals surface area contributed by atoms with Crippen molar-refractivity contribution in [2.24, 2.45) is 19.2 Å². The largest absolute Gasteiger partial charge is 0.493 e. The van der Waals surface area contributed by atoms with Crippen molar-refractivity contribution in [3.63, 3.8) is 0 Å². The number of imidazole rings is 2. The summed E-state index contributed by atoms with van der Waals surface area (Å²) in [5, 5.41) is 11.1. The zero-order valence-corrected chi connectivity index (χ0v) is 71.4. The Morgan fingerprint density at radius 2 is 0.798 bits per heavy atom. The molecule has 3 fully saturated rings. The Kier molecular flexibility index (Phi) is 29.9. The fourth-order valence-corrected chi connectivity index (χ4v) is 17.5. The number of fused-ring (bicyclic) bond motifs is 3. The number of aromatic nitrogens is 4. The van der Waals surface area contributed by atoms with E-state index in [1.54, 1.807) is 83.9 Å². The molecule has 0 bridgehead atoms. The molecule has 0 unspecified atom stereocenters. The van der Waals surface area contributed by atoms with Crippen LogP contribution in [-0.4, -0.2) is 247 Å². The van der Waals surface area contributed by atoms with E-state index < -0.39 is 10.2 Å². The summed E-state index contributed by atoms with van der Waals surface area (Å²) >= 11 is 0. The molecule has 119 heavy (non-hydrogen) atoms. The van der Waals surface area contributed by atoms with Crippen molar-refractivity contribution in [2.45, 2.75) is 97.1 Å². The number of likely N-dealkylation sites (N-methyl/N-ethyl adjacent to an activating group) is 3. The molecule has 0 saturated carbocycles. The van der Waals surface area contributed by atoms with Crippen LogP contribution in [0.4, 0.5) is 17.1 Å². The van der Waals surface area contributed by atoms with Gasteiger partial charge < -0.3 is 92.3 Å². The molecule has 6 aromatic carbocycles. The van der Waals surface area contributed by atoms with Gasteiger partial charge in [0.15, 0.2) is 34.5 Å². The van der Waals surface area contributed by atoms with Gasteiger partial charge in [0, 0.05) is 189 Å². The molecule has 30 nitrogen and oxygen atoms in total. The standard InChI is InChI=1S/2C31H40N6O4.C26H37N5O5S/c1-5-35-14-16-36(17-15-35)26-9-6-8-23-24(26)20-37(31(23)39)25(22-11-12-28(40-3)29(18-22)41-4)10-7-13-33-30(38)27-19-32-21-34(27)2;1-5-35-14-16-36(17-15-35)27-9-6-8-23-24(27)19-37(31(23)39)26(22-11-12-28(40-3)29(18-22)41-4)10-7-13-32-30(38)25-20-34(2)21-33-25;1-4-29-13-15-30(16-14-29)23-8-5-7-20-21(23)18-31(26(20)32)22(9-6-12-28-37(27,33)34)19-10-11-24(35-2)25(17-19)36-3/h6,8-9,11-12,18-19,21,25H,5,7,10,13-17,20H2,1-4H3,(H,33,38);6,8-9,11-12,18,20-21,26H,5,7,10,13-17,19H2,1-4H3,(H,32,38);5,7-8,10-11,17,22,28H,4,6,9,12-16,18H2,1-3H3,(H2,27,33,34)/t25-;26-;22-/m111/s1. The maximum Gasteiger partial charge on any atom is 0.274 e. The highest BCUT2D eigenvalue weighted by Gasteiger charge is 2.41. The second-order valence-electron chi connectivity index (χ2n) is 30.6. The lowest BCUT2D eigenvalue weighted by Crippen LogP contribution is -2.46. The summed E-state index contributed by atoms with van der Waals surface area (Å²) < 4.78 is 61.5. The number of hydrogen-bond donors (Lipinski definition) is 4. The number of carbonyl (C=O) groups is 5. The van der Waals surface area contributed by atoms with Gasteiger partial charge in [0.05, 0.1) is 79.6 Å². The molecule has 2 aromatic heterocycles. The number of carbonyl (C=O) groups excluding carboxylic acids is 5. The quantitative estimate of drug-likeness (QED) is 0.0279. The molecule has 5 amide bonds. The Labute approximate surface area is 699 Å². The van der Waals surface area contributed by atoms with Crippen LogP contribution in [0, 0.1) is 0 Å². The van der Waals surface area contributed by atoms with Crippen LogP contribution < -0.4 is 63.6 Å². The summed E-state index contributed by atoms with van der Waals surface area (Å²) in [6.07, 6.45) is 10.2. The maximum absolute atomic E-state index is 13.9. The molecule has 6 aliphatic rings. The molecule has 5 N–H and O–H groups in total. The fourth-order valence-electron chi connectivity index (χ4n) is 17.1. The zero-order valence-electron chi connectivity index (χ0n) is 70.6. The minimum Gasteiger partial charge on any atom is -0.493 e. The van der Waals surface area contributed by atoms with E-state index in [4.69, 9.17) is 33.6 Å². The molecular weight excluding hydrogens is 1540 g/mol. The molecule has 638 valence electrons. The highest BCUT2D eigenvalue weighted by Crippen LogP contribution is 2.45. The zero-order chi connectivity index (χ0) is 84.4. The van der Waals surface area contributed by atoms with Crippen molar-refractivity contribution in [3.05, 3.63) is 196 Å². The molecule has 31 heteroatoms. The van der Waals surface area contributed by atoms with Crippen LogP contribution in [0.2, 0.25) is 0 Å². The van der Waals surface area contributed by atoms with Crippen molar-refractivity contribution < 1.29 is 60.8 Å². The maximum atomic E-state index is 13.9.